The van der Waals surface area contributed by atoms with E-state index in [1.807, 2.05) is 48.5 Å². The van der Waals surface area contributed by atoms with Gasteiger partial charge < -0.3 is 10.4 Å². The Hall–Kier alpha value is -3.55. The number of aromatic amines is 1. The number of nitrogens with zero attached hydrogens (tertiary/aromatic N) is 3. The van der Waals surface area contributed by atoms with Gasteiger partial charge in [0.2, 0.25) is 0 Å². The number of benzene rings is 2. The molecule has 0 aliphatic carbocycles. The number of carbonyl (C=O) groups excluding carboxylic acids is 1. The van der Waals surface area contributed by atoms with E-state index in [4.69, 9.17) is 11.6 Å². The molecule has 7 nitrogen and oxygen atoms in total. The van der Waals surface area contributed by atoms with Gasteiger partial charge in [0.15, 0.2) is 0 Å². The summed E-state index contributed by atoms with van der Waals surface area (Å²) in [4.78, 5) is 21.0. The number of aliphatic hydroxyl groups is 1. The molecule has 0 spiro atoms. The van der Waals surface area contributed by atoms with Crippen LogP contribution in [0.3, 0.4) is 0 Å². The Kier molecular flexibility index (Phi) is 7.12. The molecule has 0 radical (unpaired) electrons. The molecule has 0 saturated carbocycles. The molecule has 8 heteroatoms. The first-order chi connectivity index (χ1) is 16.0. The standard InChI is InChI=1S/C25H24ClN5O2/c1-16(32)11-21(12-17-5-7-18(8-6-17)19-3-2-4-20(26)13-19)29-25(33)23-14-22(30-31-23)24-15-27-9-10-28-24/h2-10,13-16,21,32H,11-12H2,1H3,(H,29,33)(H,30,31)/t16-,21+/m1/s1. The van der Waals surface area contributed by atoms with Gasteiger partial charge in [-0.05, 0) is 54.7 Å². The van der Waals surface area contributed by atoms with E-state index < -0.39 is 6.10 Å². The predicted molar refractivity (Wildman–Crippen MR) is 128 cm³/mol. The van der Waals surface area contributed by atoms with Crippen molar-refractivity contribution in [2.75, 3.05) is 0 Å². The second-order valence-electron chi connectivity index (χ2n) is 7.92. The zero-order valence-electron chi connectivity index (χ0n) is 18.1. The summed E-state index contributed by atoms with van der Waals surface area (Å²) in [6.45, 7) is 1.71. The average Bonchev–Trinajstić information content (AvgIpc) is 3.30. The quantitative estimate of drug-likeness (QED) is 0.363. The number of carbonyl (C=O) groups is 1. The number of hydrogen-bond acceptors (Lipinski definition) is 5. The lowest BCUT2D eigenvalue weighted by Crippen LogP contribution is -2.38. The van der Waals surface area contributed by atoms with Gasteiger partial charge in [0, 0.05) is 23.5 Å². The minimum atomic E-state index is -0.557. The van der Waals surface area contributed by atoms with Crippen molar-refractivity contribution in [3.8, 4) is 22.5 Å². The molecule has 0 aliphatic rings. The lowest BCUT2D eigenvalue weighted by Gasteiger charge is -2.20. The van der Waals surface area contributed by atoms with Crippen LogP contribution in [-0.4, -0.2) is 43.3 Å². The number of aliphatic hydroxyl groups excluding tert-OH is 1. The van der Waals surface area contributed by atoms with Crippen LogP contribution in [0.1, 0.15) is 29.4 Å². The molecule has 4 aromatic rings. The maximum atomic E-state index is 12.8. The maximum Gasteiger partial charge on any atom is 0.269 e. The fourth-order valence-electron chi connectivity index (χ4n) is 3.65. The number of rotatable bonds is 8. The van der Waals surface area contributed by atoms with E-state index in [9.17, 15) is 9.90 Å². The van der Waals surface area contributed by atoms with E-state index in [0.717, 1.165) is 16.7 Å². The summed E-state index contributed by atoms with van der Waals surface area (Å²) >= 11 is 6.10. The van der Waals surface area contributed by atoms with E-state index in [-0.39, 0.29) is 11.9 Å². The van der Waals surface area contributed by atoms with Crippen LogP contribution in [0.4, 0.5) is 0 Å². The SMILES string of the molecule is C[C@@H](O)C[C@@H](Cc1ccc(-c2cccc(Cl)c2)cc1)NC(=O)c1cc(-c2cnccn2)n[nH]1. The van der Waals surface area contributed by atoms with E-state index in [0.29, 0.717) is 34.9 Å². The van der Waals surface area contributed by atoms with E-state index in [1.165, 1.54) is 0 Å². The number of H-pyrrole nitrogens is 1. The molecule has 0 bridgehead atoms. The second-order valence-corrected chi connectivity index (χ2v) is 8.36. The molecular weight excluding hydrogens is 438 g/mol. The Morgan fingerprint density at radius 2 is 1.91 bits per heavy atom. The molecule has 0 saturated heterocycles. The molecule has 168 valence electrons. The second kappa shape index (κ2) is 10.4. The van der Waals surface area contributed by atoms with Gasteiger partial charge in [0.25, 0.3) is 5.91 Å². The molecular formula is C25H24ClN5O2. The summed E-state index contributed by atoms with van der Waals surface area (Å²) in [5.41, 5.74) is 4.59. The fraction of sp³-hybridized carbons (Fsp3) is 0.200. The predicted octanol–water partition coefficient (Wildman–Crippen LogP) is 4.30. The molecule has 2 atom stereocenters. The topological polar surface area (TPSA) is 104 Å². The van der Waals surface area contributed by atoms with Crippen LogP contribution in [0.5, 0.6) is 0 Å². The van der Waals surface area contributed by atoms with E-state index >= 15 is 0 Å². The lowest BCUT2D eigenvalue weighted by atomic mass is 9.98. The molecule has 4 rings (SSSR count). The summed E-state index contributed by atoms with van der Waals surface area (Å²) in [6, 6.07) is 17.2. The Labute approximate surface area is 196 Å². The van der Waals surface area contributed by atoms with Crippen LogP contribution in [-0.2, 0) is 6.42 Å². The number of halogens is 1. The summed E-state index contributed by atoms with van der Waals surface area (Å²) < 4.78 is 0. The van der Waals surface area contributed by atoms with Crippen LogP contribution in [0.25, 0.3) is 22.5 Å². The molecule has 2 aromatic heterocycles. The number of amides is 1. The summed E-state index contributed by atoms with van der Waals surface area (Å²) in [7, 11) is 0. The monoisotopic (exact) mass is 461 g/mol. The fourth-order valence-corrected chi connectivity index (χ4v) is 3.84. The van der Waals surface area contributed by atoms with Crippen molar-refractivity contribution < 1.29 is 9.90 Å². The third-order valence-electron chi connectivity index (χ3n) is 5.20. The van der Waals surface area contributed by atoms with Gasteiger partial charge in [-0.1, -0.05) is 48.0 Å². The van der Waals surface area contributed by atoms with Crippen molar-refractivity contribution in [2.45, 2.75) is 31.9 Å². The van der Waals surface area contributed by atoms with Crippen molar-refractivity contribution >= 4 is 17.5 Å². The van der Waals surface area contributed by atoms with E-state index in [1.54, 1.807) is 31.6 Å². The van der Waals surface area contributed by atoms with Crippen LogP contribution >= 0.6 is 11.6 Å². The number of hydrogen-bond donors (Lipinski definition) is 3. The third-order valence-corrected chi connectivity index (χ3v) is 5.44. The molecule has 2 aromatic carbocycles. The number of nitrogens with one attached hydrogen (secondary N) is 2. The van der Waals surface area contributed by atoms with Gasteiger partial charge in [-0.25, -0.2) is 0 Å². The van der Waals surface area contributed by atoms with Gasteiger partial charge in [-0.2, -0.15) is 5.10 Å². The average molecular weight is 462 g/mol. The summed E-state index contributed by atoms with van der Waals surface area (Å²) in [5.74, 6) is -0.293. The van der Waals surface area contributed by atoms with Gasteiger partial charge in [-0.3, -0.25) is 19.9 Å². The molecule has 33 heavy (non-hydrogen) atoms. The van der Waals surface area contributed by atoms with Gasteiger partial charge >= 0.3 is 0 Å². The van der Waals surface area contributed by atoms with Crippen molar-refractivity contribution in [1.29, 1.82) is 0 Å². The Morgan fingerprint density at radius 1 is 1.09 bits per heavy atom. The van der Waals surface area contributed by atoms with E-state index in [2.05, 4.69) is 25.5 Å². The Balaban J connectivity index is 1.45. The molecule has 1 amide bonds. The highest BCUT2D eigenvalue weighted by molar-refractivity contribution is 6.30. The van der Waals surface area contributed by atoms with Crippen molar-refractivity contribution in [2.24, 2.45) is 0 Å². The molecule has 0 unspecified atom stereocenters. The van der Waals surface area contributed by atoms with Crippen LogP contribution in [0.2, 0.25) is 5.02 Å². The zero-order chi connectivity index (χ0) is 23.2. The first kappa shape index (κ1) is 22.6. The molecule has 3 N–H and O–H groups in total. The van der Waals surface area contributed by atoms with Gasteiger partial charge in [0.1, 0.15) is 17.1 Å². The zero-order valence-corrected chi connectivity index (χ0v) is 18.8. The Bertz CT molecular complexity index is 1210. The van der Waals surface area contributed by atoms with Crippen molar-refractivity contribution in [1.82, 2.24) is 25.5 Å². The van der Waals surface area contributed by atoms with Gasteiger partial charge in [-0.15, -0.1) is 0 Å². The molecule has 2 heterocycles. The summed E-state index contributed by atoms with van der Waals surface area (Å²) in [6.07, 6.45) is 5.18. The Morgan fingerprint density at radius 3 is 2.61 bits per heavy atom. The number of aromatic nitrogens is 4. The van der Waals surface area contributed by atoms with Crippen molar-refractivity contribution in [3.05, 3.63) is 89.5 Å². The first-order valence-corrected chi connectivity index (χ1v) is 11.0. The minimum Gasteiger partial charge on any atom is -0.393 e. The summed E-state index contributed by atoms with van der Waals surface area (Å²) in [5, 5.41) is 20.6. The van der Waals surface area contributed by atoms with Crippen LogP contribution in [0.15, 0.2) is 73.2 Å². The minimum absolute atomic E-state index is 0.252. The first-order valence-electron chi connectivity index (χ1n) is 10.6. The van der Waals surface area contributed by atoms with Crippen LogP contribution < -0.4 is 5.32 Å². The third kappa shape index (κ3) is 6.03. The molecule has 0 fully saturated rings. The van der Waals surface area contributed by atoms with Crippen LogP contribution in [0, 0.1) is 0 Å². The highest BCUT2D eigenvalue weighted by Crippen LogP contribution is 2.23. The lowest BCUT2D eigenvalue weighted by molar-refractivity contribution is 0.0912. The largest absolute Gasteiger partial charge is 0.393 e. The molecule has 0 aliphatic heterocycles. The normalized spacial score (nSPS) is 12.8. The van der Waals surface area contributed by atoms with Gasteiger partial charge in [0.05, 0.1) is 12.3 Å². The smallest absolute Gasteiger partial charge is 0.269 e. The maximum absolute atomic E-state index is 12.8. The highest BCUT2D eigenvalue weighted by atomic mass is 35.5. The van der Waals surface area contributed by atoms with Crippen molar-refractivity contribution in [3.63, 3.8) is 0 Å². The highest BCUT2D eigenvalue weighted by Gasteiger charge is 2.19.